The third kappa shape index (κ3) is 3.92. The van der Waals surface area contributed by atoms with E-state index in [2.05, 4.69) is 31.3 Å². The highest BCUT2D eigenvalue weighted by Crippen LogP contribution is 2.14. The summed E-state index contributed by atoms with van der Waals surface area (Å²) < 4.78 is 0. The lowest BCUT2D eigenvalue weighted by Gasteiger charge is -2.01. The van der Waals surface area contributed by atoms with Crippen molar-refractivity contribution in [3.8, 4) is 0 Å². The normalized spacial score (nSPS) is 10.1. The number of unbranched alkanes of at least 4 members (excludes halogenated alkanes) is 1. The summed E-state index contributed by atoms with van der Waals surface area (Å²) in [6.07, 6.45) is 2.71. The smallest absolute Gasteiger partial charge is 0.220 e. The van der Waals surface area contributed by atoms with Crippen LogP contribution >= 0.6 is 11.3 Å². The predicted octanol–water partition coefficient (Wildman–Crippen LogP) is 2.86. The van der Waals surface area contributed by atoms with Crippen molar-refractivity contribution in [1.29, 1.82) is 0 Å². The van der Waals surface area contributed by atoms with Gasteiger partial charge >= 0.3 is 0 Å². The predicted molar refractivity (Wildman–Crippen MR) is 60.4 cm³/mol. The number of aryl methyl sites for hydroxylation is 1. The fourth-order valence-electron chi connectivity index (χ4n) is 1.19. The maximum absolute atomic E-state index is 11.3. The highest BCUT2D eigenvalue weighted by atomic mass is 32.1. The molecule has 0 aliphatic heterocycles. The monoisotopic (exact) mass is 211 g/mol. The van der Waals surface area contributed by atoms with Gasteiger partial charge in [0, 0.05) is 16.2 Å². The summed E-state index contributed by atoms with van der Waals surface area (Å²) in [5, 5.41) is 2.92. The van der Waals surface area contributed by atoms with Crippen molar-refractivity contribution >= 4 is 17.2 Å². The SMILES string of the molecule is CCCCC(=O)NCc1ccc(C)s1. The molecule has 0 fully saturated rings. The Morgan fingerprint density at radius 3 is 2.86 bits per heavy atom. The Morgan fingerprint density at radius 2 is 2.29 bits per heavy atom. The first kappa shape index (κ1) is 11.2. The van der Waals surface area contributed by atoms with Crippen molar-refractivity contribution in [2.45, 2.75) is 39.7 Å². The van der Waals surface area contributed by atoms with Gasteiger partial charge in [-0.15, -0.1) is 11.3 Å². The molecule has 1 aromatic heterocycles. The molecule has 0 aromatic carbocycles. The van der Waals surface area contributed by atoms with Crippen LogP contribution in [0.3, 0.4) is 0 Å². The summed E-state index contributed by atoms with van der Waals surface area (Å²) in [5.74, 6) is 0.165. The van der Waals surface area contributed by atoms with Crippen LogP contribution in [0.1, 0.15) is 35.9 Å². The first-order valence-electron chi connectivity index (χ1n) is 5.04. The number of hydrogen-bond acceptors (Lipinski definition) is 2. The molecule has 0 aliphatic rings. The van der Waals surface area contributed by atoms with Gasteiger partial charge in [-0.05, 0) is 25.5 Å². The third-order valence-corrected chi connectivity index (χ3v) is 3.01. The van der Waals surface area contributed by atoms with E-state index in [4.69, 9.17) is 0 Å². The molecule has 0 saturated carbocycles. The molecule has 0 bridgehead atoms. The lowest BCUT2D eigenvalue weighted by molar-refractivity contribution is -0.121. The van der Waals surface area contributed by atoms with E-state index in [0.29, 0.717) is 13.0 Å². The first-order valence-corrected chi connectivity index (χ1v) is 5.86. The summed E-state index contributed by atoms with van der Waals surface area (Å²) in [7, 11) is 0. The molecular formula is C11H17NOS. The van der Waals surface area contributed by atoms with Gasteiger partial charge in [0.05, 0.1) is 6.54 Å². The van der Waals surface area contributed by atoms with Crippen molar-refractivity contribution < 1.29 is 4.79 Å². The Kier molecular flexibility index (Phi) is 4.66. The van der Waals surface area contributed by atoms with E-state index in [9.17, 15) is 4.79 Å². The molecule has 1 amide bonds. The largest absolute Gasteiger partial charge is 0.351 e. The number of carbonyl (C=O) groups is 1. The second-order valence-electron chi connectivity index (χ2n) is 3.39. The molecule has 0 atom stereocenters. The van der Waals surface area contributed by atoms with Gasteiger partial charge in [0.2, 0.25) is 5.91 Å². The molecule has 0 aliphatic carbocycles. The zero-order valence-electron chi connectivity index (χ0n) is 8.80. The summed E-state index contributed by atoms with van der Waals surface area (Å²) >= 11 is 1.74. The van der Waals surface area contributed by atoms with E-state index in [1.165, 1.54) is 9.75 Å². The Balaban J connectivity index is 2.23. The number of thiophene rings is 1. The van der Waals surface area contributed by atoms with Gasteiger partial charge < -0.3 is 5.32 Å². The molecule has 0 radical (unpaired) electrons. The van der Waals surface area contributed by atoms with Gasteiger partial charge in [-0.25, -0.2) is 0 Å². The fraction of sp³-hybridized carbons (Fsp3) is 0.545. The summed E-state index contributed by atoms with van der Waals surface area (Å²) in [6, 6.07) is 4.15. The number of nitrogens with one attached hydrogen (secondary N) is 1. The molecule has 0 saturated heterocycles. The van der Waals surface area contributed by atoms with Crippen LogP contribution in [-0.4, -0.2) is 5.91 Å². The Bertz CT molecular complexity index is 293. The fourth-order valence-corrected chi connectivity index (χ4v) is 2.02. The number of rotatable bonds is 5. The second-order valence-corrected chi connectivity index (χ2v) is 4.77. The van der Waals surface area contributed by atoms with E-state index in [-0.39, 0.29) is 5.91 Å². The minimum atomic E-state index is 0.165. The quantitative estimate of drug-likeness (QED) is 0.797. The van der Waals surface area contributed by atoms with Crippen molar-refractivity contribution in [1.82, 2.24) is 5.32 Å². The van der Waals surface area contributed by atoms with Gasteiger partial charge in [0.1, 0.15) is 0 Å². The highest BCUT2D eigenvalue weighted by molar-refractivity contribution is 7.11. The Morgan fingerprint density at radius 1 is 1.50 bits per heavy atom. The van der Waals surface area contributed by atoms with Crippen LogP contribution in [0.15, 0.2) is 12.1 Å². The third-order valence-electron chi connectivity index (χ3n) is 2.01. The topological polar surface area (TPSA) is 29.1 Å². The molecule has 0 unspecified atom stereocenters. The van der Waals surface area contributed by atoms with Crippen LogP contribution in [0.25, 0.3) is 0 Å². The van der Waals surface area contributed by atoms with Gasteiger partial charge in [-0.2, -0.15) is 0 Å². The lowest BCUT2D eigenvalue weighted by Crippen LogP contribution is -2.21. The second kappa shape index (κ2) is 5.81. The van der Waals surface area contributed by atoms with Gasteiger partial charge in [-0.3, -0.25) is 4.79 Å². The average molecular weight is 211 g/mol. The van der Waals surface area contributed by atoms with Crippen LogP contribution in [0.2, 0.25) is 0 Å². The maximum atomic E-state index is 11.3. The van der Waals surface area contributed by atoms with E-state index < -0.39 is 0 Å². The molecular weight excluding hydrogens is 194 g/mol. The van der Waals surface area contributed by atoms with E-state index >= 15 is 0 Å². The van der Waals surface area contributed by atoms with Crippen LogP contribution < -0.4 is 5.32 Å². The van der Waals surface area contributed by atoms with Crippen molar-refractivity contribution in [3.63, 3.8) is 0 Å². The summed E-state index contributed by atoms with van der Waals surface area (Å²) in [6.45, 7) is 4.85. The zero-order valence-corrected chi connectivity index (χ0v) is 9.62. The number of hydrogen-bond donors (Lipinski definition) is 1. The Labute approximate surface area is 89.3 Å². The summed E-state index contributed by atoms with van der Waals surface area (Å²) in [4.78, 5) is 13.8. The average Bonchev–Trinajstić information content (AvgIpc) is 2.58. The van der Waals surface area contributed by atoms with Crippen molar-refractivity contribution in [2.75, 3.05) is 0 Å². The number of amides is 1. The molecule has 14 heavy (non-hydrogen) atoms. The molecule has 3 heteroatoms. The molecule has 78 valence electrons. The minimum absolute atomic E-state index is 0.165. The van der Waals surface area contributed by atoms with E-state index in [1.54, 1.807) is 11.3 Å². The standard InChI is InChI=1S/C11H17NOS/c1-3-4-5-11(13)12-8-10-7-6-9(2)14-10/h6-7H,3-5,8H2,1-2H3,(H,12,13). The van der Waals surface area contributed by atoms with Crippen LogP contribution in [-0.2, 0) is 11.3 Å². The lowest BCUT2D eigenvalue weighted by atomic mass is 10.2. The van der Waals surface area contributed by atoms with Gasteiger partial charge in [-0.1, -0.05) is 13.3 Å². The first-order chi connectivity index (χ1) is 6.72. The van der Waals surface area contributed by atoms with Crippen LogP contribution in [0.5, 0.6) is 0 Å². The highest BCUT2D eigenvalue weighted by Gasteiger charge is 2.01. The minimum Gasteiger partial charge on any atom is -0.351 e. The van der Waals surface area contributed by atoms with Crippen molar-refractivity contribution in [3.05, 3.63) is 21.9 Å². The van der Waals surface area contributed by atoms with E-state index in [1.807, 2.05) is 0 Å². The van der Waals surface area contributed by atoms with Gasteiger partial charge in [0.15, 0.2) is 0 Å². The molecule has 1 N–H and O–H groups in total. The Hall–Kier alpha value is -0.830. The molecule has 0 spiro atoms. The summed E-state index contributed by atoms with van der Waals surface area (Å²) in [5.41, 5.74) is 0. The van der Waals surface area contributed by atoms with Gasteiger partial charge in [0.25, 0.3) is 0 Å². The zero-order chi connectivity index (χ0) is 10.4. The molecule has 1 aromatic rings. The maximum Gasteiger partial charge on any atom is 0.220 e. The van der Waals surface area contributed by atoms with Crippen LogP contribution in [0.4, 0.5) is 0 Å². The van der Waals surface area contributed by atoms with E-state index in [0.717, 1.165) is 12.8 Å². The van der Waals surface area contributed by atoms with Crippen LogP contribution in [0, 0.1) is 6.92 Å². The molecule has 2 nitrogen and oxygen atoms in total. The molecule has 1 heterocycles. The number of carbonyl (C=O) groups excluding carboxylic acids is 1. The molecule has 1 rings (SSSR count). The van der Waals surface area contributed by atoms with Crippen molar-refractivity contribution in [2.24, 2.45) is 0 Å².